The Bertz CT molecular complexity index is 1200. The van der Waals surface area contributed by atoms with Gasteiger partial charge in [-0.25, -0.2) is 4.79 Å². The molecule has 3 aromatic rings. The van der Waals surface area contributed by atoms with Gasteiger partial charge in [0.05, 0.1) is 32.4 Å². The number of fused-ring (bicyclic) bond motifs is 1. The van der Waals surface area contributed by atoms with Crippen LogP contribution in [0.5, 0.6) is 17.2 Å². The van der Waals surface area contributed by atoms with Crippen LogP contribution in [0.4, 0.5) is 0 Å². The number of carbonyl (C=O) groups is 1. The van der Waals surface area contributed by atoms with Crippen molar-refractivity contribution in [1.29, 1.82) is 0 Å². The second-order valence-electron chi connectivity index (χ2n) is 7.46. The van der Waals surface area contributed by atoms with Crippen LogP contribution in [-0.2, 0) is 11.3 Å². The molecule has 0 spiro atoms. The summed E-state index contributed by atoms with van der Waals surface area (Å²) in [6, 6.07) is 10.9. The van der Waals surface area contributed by atoms with Gasteiger partial charge in [0.2, 0.25) is 5.91 Å². The Hall–Kier alpha value is -3.68. The Morgan fingerprint density at radius 2 is 1.78 bits per heavy atom. The minimum atomic E-state index is -0.446. The third-order valence-corrected chi connectivity index (χ3v) is 5.72. The van der Waals surface area contributed by atoms with Gasteiger partial charge in [0.25, 0.3) is 0 Å². The highest BCUT2D eigenvalue weighted by Crippen LogP contribution is 2.40. The lowest BCUT2D eigenvalue weighted by Gasteiger charge is -2.28. The number of para-hydroxylation sites is 2. The summed E-state index contributed by atoms with van der Waals surface area (Å²) >= 11 is 0. The Labute approximate surface area is 185 Å². The quantitative estimate of drug-likeness (QED) is 0.563. The van der Waals surface area contributed by atoms with E-state index in [1.807, 2.05) is 36.4 Å². The summed E-state index contributed by atoms with van der Waals surface area (Å²) in [6.07, 6.45) is 2.91. The van der Waals surface area contributed by atoms with Crippen LogP contribution in [0, 0.1) is 0 Å². The highest BCUT2D eigenvalue weighted by atomic mass is 16.5. The van der Waals surface area contributed by atoms with Gasteiger partial charge in [-0.2, -0.15) is 0 Å². The molecule has 0 N–H and O–H groups in total. The SMILES string of the molecule is COc1cc(OC)c(C2=CCN(C(=O)CCn3c(=O)oc4ccccc43)CC2)c(OC)c1. The minimum absolute atomic E-state index is 0.00820. The molecule has 32 heavy (non-hydrogen) atoms. The fraction of sp³-hybridized carbons (Fsp3) is 0.333. The maximum Gasteiger partial charge on any atom is 0.419 e. The van der Waals surface area contributed by atoms with Crippen LogP contribution in [0.2, 0.25) is 0 Å². The first kappa shape index (κ1) is 21.5. The van der Waals surface area contributed by atoms with Gasteiger partial charge < -0.3 is 23.5 Å². The zero-order valence-corrected chi connectivity index (χ0v) is 18.4. The zero-order chi connectivity index (χ0) is 22.7. The van der Waals surface area contributed by atoms with Crippen molar-refractivity contribution in [2.45, 2.75) is 19.4 Å². The Morgan fingerprint density at radius 3 is 2.41 bits per heavy atom. The lowest BCUT2D eigenvalue weighted by Crippen LogP contribution is -2.35. The first-order valence-electron chi connectivity index (χ1n) is 10.4. The van der Waals surface area contributed by atoms with E-state index in [1.54, 1.807) is 32.3 Å². The van der Waals surface area contributed by atoms with E-state index in [9.17, 15) is 9.59 Å². The molecule has 0 bridgehead atoms. The number of methoxy groups -OCH3 is 3. The third-order valence-electron chi connectivity index (χ3n) is 5.72. The molecule has 0 atom stereocenters. The maximum absolute atomic E-state index is 12.8. The average molecular weight is 438 g/mol. The van der Waals surface area contributed by atoms with Crippen LogP contribution in [-0.4, -0.2) is 49.8 Å². The van der Waals surface area contributed by atoms with Crippen LogP contribution in [0.25, 0.3) is 16.7 Å². The van der Waals surface area contributed by atoms with Crippen LogP contribution in [0.15, 0.2) is 51.7 Å². The monoisotopic (exact) mass is 438 g/mol. The molecule has 0 saturated heterocycles. The molecule has 2 heterocycles. The predicted octanol–water partition coefficient (Wildman–Crippen LogP) is 3.33. The molecule has 4 rings (SSSR count). The van der Waals surface area contributed by atoms with Gasteiger partial charge in [0.15, 0.2) is 5.58 Å². The number of nitrogens with zero attached hydrogens (tertiary/aromatic N) is 2. The van der Waals surface area contributed by atoms with Gasteiger partial charge in [-0.3, -0.25) is 9.36 Å². The Morgan fingerprint density at radius 1 is 1.06 bits per heavy atom. The van der Waals surface area contributed by atoms with Crippen LogP contribution < -0.4 is 20.0 Å². The molecule has 0 unspecified atom stereocenters. The summed E-state index contributed by atoms with van der Waals surface area (Å²) in [6.45, 7) is 1.33. The number of aryl methyl sites for hydroxylation is 1. The molecule has 0 saturated carbocycles. The zero-order valence-electron chi connectivity index (χ0n) is 18.4. The van der Waals surface area contributed by atoms with Gasteiger partial charge in [-0.1, -0.05) is 18.2 Å². The Kier molecular flexibility index (Phi) is 6.20. The second kappa shape index (κ2) is 9.21. The van der Waals surface area contributed by atoms with Crippen molar-refractivity contribution in [2.24, 2.45) is 0 Å². The topological polar surface area (TPSA) is 83.1 Å². The number of ether oxygens (including phenoxy) is 3. The van der Waals surface area contributed by atoms with Crippen molar-refractivity contribution in [3.8, 4) is 17.2 Å². The molecular weight excluding hydrogens is 412 g/mol. The highest BCUT2D eigenvalue weighted by Gasteiger charge is 2.23. The van der Waals surface area contributed by atoms with E-state index in [4.69, 9.17) is 18.6 Å². The van der Waals surface area contributed by atoms with E-state index < -0.39 is 5.76 Å². The van der Waals surface area contributed by atoms with Crippen molar-refractivity contribution in [2.75, 3.05) is 34.4 Å². The molecule has 1 aliphatic rings. The maximum atomic E-state index is 12.8. The lowest BCUT2D eigenvalue weighted by molar-refractivity contribution is -0.131. The molecule has 0 radical (unpaired) electrons. The van der Waals surface area contributed by atoms with Gasteiger partial charge in [0.1, 0.15) is 17.2 Å². The summed E-state index contributed by atoms with van der Waals surface area (Å²) in [5.74, 6) is 1.53. The second-order valence-corrected chi connectivity index (χ2v) is 7.46. The number of oxazole rings is 1. The molecular formula is C24H26N2O6. The molecule has 2 aromatic carbocycles. The number of benzene rings is 2. The summed E-state index contributed by atoms with van der Waals surface area (Å²) in [4.78, 5) is 26.7. The summed E-state index contributed by atoms with van der Waals surface area (Å²) < 4.78 is 23.2. The van der Waals surface area contributed by atoms with Crippen molar-refractivity contribution in [3.05, 3.63) is 58.6 Å². The first-order valence-corrected chi connectivity index (χ1v) is 10.4. The number of aromatic nitrogens is 1. The fourth-order valence-corrected chi connectivity index (χ4v) is 4.04. The fourth-order valence-electron chi connectivity index (χ4n) is 4.04. The van der Waals surface area contributed by atoms with Gasteiger partial charge >= 0.3 is 5.76 Å². The van der Waals surface area contributed by atoms with Gasteiger partial charge in [0, 0.05) is 38.2 Å². The van der Waals surface area contributed by atoms with E-state index >= 15 is 0 Å². The standard InChI is InChI=1S/C24H26N2O6/c1-29-17-14-20(30-2)23(21(15-17)31-3)16-8-11-25(12-9-16)22(27)10-13-26-18-6-4-5-7-19(18)32-24(26)28/h4-8,14-15H,9-13H2,1-3H3. The smallest absolute Gasteiger partial charge is 0.419 e. The summed E-state index contributed by atoms with van der Waals surface area (Å²) in [5, 5.41) is 0. The molecule has 1 aromatic heterocycles. The number of hydrogen-bond donors (Lipinski definition) is 0. The van der Waals surface area contributed by atoms with E-state index in [0.717, 1.165) is 11.1 Å². The third kappa shape index (κ3) is 4.08. The summed E-state index contributed by atoms with van der Waals surface area (Å²) in [7, 11) is 4.81. The molecule has 8 heteroatoms. The van der Waals surface area contributed by atoms with E-state index in [-0.39, 0.29) is 18.9 Å². The first-order chi connectivity index (χ1) is 15.5. The number of amides is 1. The van der Waals surface area contributed by atoms with Crippen LogP contribution >= 0.6 is 0 Å². The predicted molar refractivity (Wildman–Crippen MR) is 120 cm³/mol. The average Bonchev–Trinajstić information content (AvgIpc) is 3.16. The largest absolute Gasteiger partial charge is 0.496 e. The molecule has 1 aliphatic heterocycles. The highest BCUT2D eigenvalue weighted by molar-refractivity contribution is 5.81. The molecule has 168 valence electrons. The van der Waals surface area contributed by atoms with Crippen molar-refractivity contribution < 1.29 is 23.4 Å². The van der Waals surface area contributed by atoms with Crippen LogP contribution in [0.1, 0.15) is 18.4 Å². The molecule has 1 amide bonds. The minimum Gasteiger partial charge on any atom is -0.496 e. The van der Waals surface area contributed by atoms with Gasteiger partial charge in [-0.15, -0.1) is 0 Å². The Balaban J connectivity index is 1.47. The van der Waals surface area contributed by atoms with Crippen molar-refractivity contribution in [3.63, 3.8) is 0 Å². The lowest BCUT2D eigenvalue weighted by atomic mass is 9.97. The molecule has 0 fully saturated rings. The van der Waals surface area contributed by atoms with E-state index in [1.165, 1.54) is 4.57 Å². The van der Waals surface area contributed by atoms with E-state index in [0.29, 0.717) is 47.9 Å². The van der Waals surface area contributed by atoms with Crippen molar-refractivity contribution in [1.82, 2.24) is 9.47 Å². The van der Waals surface area contributed by atoms with Gasteiger partial charge in [-0.05, 0) is 24.1 Å². The normalized spacial score (nSPS) is 13.7. The summed E-state index contributed by atoms with van der Waals surface area (Å²) in [5.41, 5.74) is 3.16. The number of rotatable bonds is 7. The molecule has 0 aliphatic carbocycles. The molecule has 8 nitrogen and oxygen atoms in total. The van der Waals surface area contributed by atoms with Crippen LogP contribution in [0.3, 0.4) is 0 Å². The number of carbonyl (C=O) groups excluding carboxylic acids is 1. The van der Waals surface area contributed by atoms with Crippen molar-refractivity contribution >= 4 is 22.6 Å². The number of hydrogen-bond acceptors (Lipinski definition) is 6. The van der Waals surface area contributed by atoms with E-state index in [2.05, 4.69) is 0 Å².